The summed E-state index contributed by atoms with van der Waals surface area (Å²) in [6.45, 7) is 3.09. The summed E-state index contributed by atoms with van der Waals surface area (Å²) >= 11 is 0. The maximum atomic E-state index is 13.7. The Morgan fingerprint density at radius 2 is 1.69 bits per heavy atom. The van der Waals surface area contributed by atoms with Crippen LogP contribution in [0.1, 0.15) is 59.5 Å². The summed E-state index contributed by atoms with van der Waals surface area (Å²) < 4.78 is 17.6. The SMILES string of the molecule is CCCCCOc1ccc(C2c3c(oc4ccccc4c3=O)C(=O)N2Cc2ccccc2)cc1OC. The predicted octanol–water partition coefficient (Wildman–Crippen LogP) is 6.12. The molecule has 0 saturated carbocycles. The number of carbonyl (C=O) groups excluding carboxylic acids is 1. The Kier molecular flexibility index (Phi) is 6.76. The first-order valence-corrected chi connectivity index (χ1v) is 12.3. The second-order valence-electron chi connectivity index (χ2n) is 8.96. The van der Waals surface area contributed by atoms with Crippen LogP contribution in [0.25, 0.3) is 11.0 Å². The van der Waals surface area contributed by atoms with Gasteiger partial charge in [-0.2, -0.15) is 0 Å². The van der Waals surface area contributed by atoms with Crippen LogP contribution in [0.2, 0.25) is 0 Å². The zero-order valence-electron chi connectivity index (χ0n) is 20.5. The summed E-state index contributed by atoms with van der Waals surface area (Å²) in [6, 6.07) is 21.8. The molecule has 1 atom stereocenters. The summed E-state index contributed by atoms with van der Waals surface area (Å²) in [4.78, 5) is 29.0. The number of amides is 1. The van der Waals surface area contributed by atoms with E-state index in [-0.39, 0.29) is 17.1 Å². The van der Waals surface area contributed by atoms with E-state index in [1.165, 1.54) is 0 Å². The maximum absolute atomic E-state index is 13.7. The van der Waals surface area contributed by atoms with Gasteiger partial charge in [0.05, 0.1) is 30.7 Å². The highest BCUT2D eigenvalue weighted by Gasteiger charge is 2.43. The molecular formula is C30H29NO5. The zero-order valence-corrected chi connectivity index (χ0v) is 20.5. The van der Waals surface area contributed by atoms with E-state index in [1.807, 2.05) is 48.5 Å². The second-order valence-corrected chi connectivity index (χ2v) is 8.96. The molecule has 6 nitrogen and oxygen atoms in total. The van der Waals surface area contributed by atoms with Crippen molar-refractivity contribution < 1.29 is 18.7 Å². The van der Waals surface area contributed by atoms with Crippen LogP contribution in [0.4, 0.5) is 0 Å². The number of ether oxygens (including phenoxy) is 2. The minimum Gasteiger partial charge on any atom is -0.493 e. The lowest BCUT2D eigenvalue weighted by Gasteiger charge is -2.26. The Bertz CT molecular complexity index is 1440. The third-order valence-electron chi connectivity index (χ3n) is 6.58. The van der Waals surface area contributed by atoms with Gasteiger partial charge in [0.1, 0.15) is 5.58 Å². The number of methoxy groups -OCH3 is 1. The van der Waals surface area contributed by atoms with Crippen LogP contribution in [-0.2, 0) is 6.54 Å². The first-order valence-electron chi connectivity index (χ1n) is 12.3. The van der Waals surface area contributed by atoms with Crippen LogP contribution in [-0.4, -0.2) is 24.5 Å². The Morgan fingerprint density at radius 1 is 0.917 bits per heavy atom. The monoisotopic (exact) mass is 483 g/mol. The van der Waals surface area contributed by atoms with Gasteiger partial charge in [-0.25, -0.2) is 0 Å². The van der Waals surface area contributed by atoms with Crippen molar-refractivity contribution in [3.63, 3.8) is 0 Å². The molecule has 6 heteroatoms. The number of hydrogen-bond donors (Lipinski definition) is 0. The fourth-order valence-electron chi connectivity index (χ4n) is 4.76. The summed E-state index contributed by atoms with van der Waals surface area (Å²) in [5.41, 5.74) is 2.29. The summed E-state index contributed by atoms with van der Waals surface area (Å²) in [6.07, 6.45) is 3.17. The third kappa shape index (κ3) is 4.35. The number of fused-ring (bicyclic) bond motifs is 2. The third-order valence-corrected chi connectivity index (χ3v) is 6.58. The van der Waals surface area contributed by atoms with E-state index in [9.17, 15) is 9.59 Å². The molecule has 0 fully saturated rings. The van der Waals surface area contributed by atoms with Crippen molar-refractivity contribution in [1.82, 2.24) is 4.90 Å². The number of unbranched alkanes of at least 4 members (excludes halogenated alkanes) is 2. The average molecular weight is 484 g/mol. The van der Waals surface area contributed by atoms with E-state index in [1.54, 1.807) is 36.3 Å². The van der Waals surface area contributed by atoms with E-state index >= 15 is 0 Å². The minimum absolute atomic E-state index is 0.0958. The van der Waals surface area contributed by atoms with Gasteiger partial charge in [0, 0.05) is 6.54 Å². The molecule has 0 radical (unpaired) electrons. The molecule has 1 amide bonds. The molecule has 0 N–H and O–H groups in total. The normalized spacial score (nSPS) is 14.8. The molecule has 0 spiro atoms. The van der Waals surface area contributed by atoms with Crippen LogP contribution < -0.4 is 14.9 Å². The van der Waals surface area contributed by atoms with E-state index in [0.29, 0.717) is 41.2 Å². The van der Waals surface area contributed by atoms with Gasteiger partial charge in [-0.3, -0.25) is 9.59 Å². The maximum Gasteiger partial charge on any atom is 0.291 e. The Balaban J connectivity index is 1.61. The van der Waals surface area contributed by atoms with Gasteiger partial charge in [0.2, 0.25) is 5.76 Å². The molecule has 0 bridgehead atoms. The molecule has 184 valence electrons. The zero-order chi connectivity index (χ0) is 25.1. The van der Waals surface area contributed by atoms with Gasteiger partial charge in [-0.1, -0.05) is 68.3 Å². The first kappa shape index (κ1) is 23.7. The highest BCUT2D eigenvalue weighted by atomic mass is 16.5. The molecular weight excluding hydrogens is 454 g/mol. The number of para-hydroxylation sites is 1. The van der Waals surface area contributed by atoms with Crippen molar-refractivity contribution in [3.05, 3.63) is 105 Å². The number of nitrogens with zero attached hydrogens (tertiary/aromatic N) is 1. The number of hydrogen-bond acceptors (Lipinski definition) is 5. The fraction of sp³-hybridized carbons (Fsp3) is 0.267. The molecule has 1 aromatic heterocycles. The van der Waals surface area contributed by atoms with Gasteiger partial charge in [-0.05, 0) is 41.8 Å². The van der Waals surface area contributed by atoms with E-state index < -0.39 is 6.04 Å². The number of carbonyl (C=O) groups is 1. The van der Waals surface area contributed by atoms with Crippen molar-refractivity contribution in [1.29, 1.82) is 0 Å². The van der Waals surface area contributed by atoms with E-state index in [2.05, 4.69) is 6.92 Å². The van der Waals surface area contributed by atoms with Gasteiger partial charge >= 0.3 is 0 Å². The second kappa shape index (κ2) is 10.3. The largest absolute Gasteiger partial charge is 0.493 e. The molecule has 2 heterocycles. The van der Waals surface area contributed by atoms with Crippen molar-refractivity contribution in [3.8, 4) is 11.5 Å². The van der Waals surface area contributed by atoms with Gasteiger partial charge in [-0.15, -0.1) is 0 Å². The van der Waals surface area contributed by atoms with Crippen molar-refractivity contribution in [2.45, 2.75) is 38.8 Å². The van der Waals surface area contributed by atoms with E-state index in [4.69, 9.17) is 13.9 Å². The molecule has 1 unspecified atom stereocenters. The lowest BCUT2D eigenvalue weighted by atomic mass is 9.97. The average Bonchev–Trinajstić information content (AvgIpc) is 3.18. The molecule has 0 aliphatic carbocycles. The summed E-state index contributed by atoms with van der Waals surface area (Å²) in [5, 5.41) is 0.457. The van der Waals surface area contributed by atoms with Gasteiger partial charge in [0.25, 0.3) is 5.91 Å². The Labute approximate surface area is 210 Å². The van der Waals surface area contributed by atoms with Crippen molar-refractivity contribution >= 4 is 16.9 Å². The first-order chi connectivity index (χ1) is 17.6. The standard InChI is InChI=1S/C30H29NO5/c1-3-4-10-17-35-24-16-15-21(18-25(24)34-2)27-26-28(32)22-13-8-9-14-23(22)36-29(26)30(33)31(27)19-20-11-6-5-7-12-20/h5-9,11-16,18,27H,3-4,10,17,19H2,1-2H3. The van der Waals surface area contributed by atoms with Crippen LogP contribution in [0.5, 0.6) is 11.5 Å². The smallest absolute Gasteiger partial charge is 0.291 e. The highest BCUT2D eigenvalue weighted by Crippen LogP contribution is 2.41. The Hall–Kier alpha value is -4.06. The molecule has 1 aliphatic rings. The molecule has 4 aromatic rings. The topological polar surface area (TPSA) is 69.0 Å². The number of rotatable bonds is 9. The van der Waals surface area contributed by atoms with Gasteiger partial charge < -0.3 is 18.8 Å². The van der Waals surface area contributed by atoms with Crippen molar-refractivity contribution in [2.24, 2.45) is 0 Å². The Morgan fingerprint density at radius 3 is 2.47 bits per heavy atom. The number of benzene rings is 3. The van der Waals surface area contributed by atoms with Crippen LogP contribution in [0.15, 0.2) is 82.0 Å². The quantitative estimate of drug-likeness (QED) is 0.269. The molecule has 0 saturated heterocycles. The van der Waals surface area contributed by atoms with Crippen LogP contribution in [0, 0.1) is 0 Å². The highest BCUT2D eigenvalue weighted by molar-refractivity contribution is 5.99. The summed E-state index contributed by atoms with van der Waals surface area (Å²) in [5.74, 6) is 0.996. The van der Waals surface area contributed by atoms with Crippen LogP contribution in [0.3, 0.4) is 0 Å². The van der Waals surface area contributed by atoms with Crippen LogP contribution >= 0.6 is 0 Å². The molecule has 1 aliphatic heterocycles. The molecule has 5 rings (SSSR count). The minimum atomic E-state index is -0.614. The van der Waals surface area contributed by atoms with Gasteiger partial charge in [0.15, 0.2) is 16.9 Å². The lowest BCUT2D eigenvalue weighted by molar-refractivity contribution is 0.0714. The predicted molar refractivity (Wildman–Crippen MR) is 139 cm³/mol. The lowest BCUT2D eigenvalue weighted by Crippen LogP contribution is -2.29. The molecule has 3 aromatic carbocycles. The van der Waals surface area contributed by atoms with Crippen molar-refractivity contribution in [2.75, 3.05) is 13.7 Å². The molecule has 36 heavy (non-hydrogen) atoms. The fourth-order valence-corrected chi connectivity index (χ4v) is 4.76. The van der Waals surface area contributed by atoms with E-state index in [0.717, 1.165) is 30.4 Å². The summed E-state index contributed by atoms with van der Waals surface area (Å²) in [7, 11) is 1.59.